The molecule has 1 aliphatic rings. The quantitative estimate of drug-likeness (QED) is 0.591. The second kappa shape index (κ2) is 9.61. The van der Waals surface area contributed by atoms with Gasteiger partial charge in [-0.1, -0.05) is 11.6 Å². The molecule has 13 heteroatoms. The monoisotopic (exact) mass is 485 g/mol. The van der Waals surface area contributed by atoms with E-state index in [1.165, 1.54) is 29.4 Å². The summed E-state index contributed by atoms with van der Waals surface area (Å²) in [5.74, 6) is -1.86. The lowest BCUT2D eigenvalue weighted by Crippen LogP contribution is -2.29. The van der Waals surface area contributed by atoms with Crippen molar-refractivity contribution in [3.05, 3.63) is 51.9 Å². The maximum atomic E-state index is 13.0. The van der Waals surface area contributed by atoms with Gasteiger partial charge in [0, 0.05) is 43.0 Å². The van der Waals surface area contributed by atoms with Crippen molar-refractivity contribution in [1.29, 1.82) is 0 Å². The molecule has 0 saturated carbocycles. The maximum absolute atomic E-state index is 13.0. The third kappa shape index (κ3) is 5.69. The Hall–Kier alpha value is -3.41. The number of hydrogen-bond donors (Lipinski definition) is 2. The number of carbonyl (C=O) groups is 3. The number of nitrogens with two attached hydrogens (primary N) is 1. The molecular formula is C20H19ClF3N5O4. The Bertz CT molecular complexity index is 1100. The van der Waals surface area contributed by atoms with Crippen LogP contribution >= 0.6 is 11.6 Å². The Morgan fingerprint density at radius 1 is 1.36 bits per heavy atom. The normalized spacial score (nSPS) is 14.1. The molecule has 0 spiro atoms. The lowest BCUT2D eigenvalue weighted by Gasteiger charge is -2.25. The van der Waals surface area contributed by atoms with Gasteiger partial charge in [0.1, 0.15) is 10.7 Å². The molecule has 3 heterocycles. The highest BCUT2D eigenvalue weighted by atomic mass is 35.5. The van der Waals surface area contributed by atoms with E-state index in [0.717, 1.165) is 0 Å². The van der Waals surface area contributed by atoms with Crippen LogP contribution in [0, 0.1) is 0 Å². The van der Waals surface area contributed by atoms with Gasteiger partial charge < -0.3 is 20.7 Å². The Kier molecular flexibility index (Phi) is 7.06. The van der Waals surface area contributed by atoms with Gasteiger partial charge in [-0.2, -0.15) is 13.2 Å². The molecule has 0 radical (unpaired) electrons. The van der Waals surface area contributed by atoms with E-state index in [-0.39, 0.29) is 42.0 Å². The fourth-order valence-electron chi connectivity index (χ4n) is 3.25. The predicted octanol–water partition coefficient (Wildman–Crippen LogP) is 2.39. The lowest BCUT2D eigenvalue weighted by molar-refractivity contribution is -0.154. The standard InChI is InChI=1S/C20H19ClF3N5O4/c1-10(11-6-14(21)18(28-7-11)33-9-20(22,23)24)29-8-13-12(19(29)32)2-4-26-16(13)17(31)27-5-3-15(25)30/h2,4,6-7,10H,3,5,8-9H2,1H3,(H2,25,30)(H,27,31). The van der Waals surface area contributed by atoms with E-state index >= 15 is 0 Å². The SMILES string of the molecule is CC(c1cnc(OCC(F)(F)F)c(Cl)c1)N1Cc2c(ccnc2C(=O)NCCC(N)=O)C1=O. The van der Waals surface area contributed by atoms with Gasteiger partial charge in [0.15, 0.2) is 6.61 Å². The number of ether oxygens (including phenoxy) is 1. The van der Waals surface area contributed by atoms with Crippen molar-refractivity contribution in [2.45, 2.75) is 32.1 Å². The summed E-state index contributed by atoms with van der Waals surface area (Å²) in [7, 11) is 0. The maximum Gasteiger partial charge on any atom is 0.422 e. The number of primary amides is 1. The molecule has 2 aromatic rings. The summed E-state index contributed by atoms with van der Waals surface area (Å²) in [5.41, 5.74) is 6.27. The molecule has 2 aromatic heterocycles. The first-order chi connectivity index (χ1) is 15.5. The summed E-state index contributed by atoms with van der Waals surface area (Å²) in [6.45, 7) is 0.241. The number of fused-ring (bicyclic) bond motifs is 1. The molecule has 0 aliphatic carbocycles. The summed E-state index contributed by atoms with van der Waals surface area (Å²) in [6.07, 6.45) is -1.98. The van der Waals surface area contributed by atoms with Crippen molar-refractivity contribution < 1.29 is 32.3 Å². The predicted molar refractivity (Wildman–Crippen MR) is 109 cm³/mol. The van der Waals surface area contributed by atoms with E-state index in [9.17, 15) is 27.6 Å². The third-order valence-corrected chi connectivity index (χ3v) is 5.17. The molecule has 1 unspecified atom stereocenters. The van der Waals surface area contributed by atoms with E-state index < -0.39 is 30.6 Å². The number of carbonyl (C=O) groups excluding carboxylic acids is 3. The first-order valence-corrected chi connectivity index (χ1v) is 10.1. The summed E-state index contributed by atoms with van der Waals surface area (Å²) in [4.78, 5) is 45.6. The largest absolute Gasteiger partial charge is 0.467 e. The number of pyridine rings is 2. The van der Waals surface area contributed by atoms with Gasteiger partial charge in [0.05, 0.1) is 6.04 Å². The number of amides is 3. The van der Waals surface area contributed by atoms with E-state index in [1.54, 1.807) is 6.92 Å². The molecule has 3 rings (SSSR count). The van der Waals surface area contributed by atoms with Gasteiger partial charge in [0.25, 0.3) is 11.8 Å². The number of alkyl halides is 3. The minimum absolute atomic E-state index is 0.0283. The van der Waals surface area contributed by atoms with Gasteiger partial charge in [-0.25, -0.2) is 4.98 Å². The first kappa shape index (κ1) is 24.2. The number of nitrogens with one attached hydrogen (secondary N) is 1. The van der Waals surface area contributed by atoms with Crippen LogP contribution in [0.3, 0.4) is 0 Å². The van der Waals surface area contributed by atoms with Gasteiger partial charge >= 0.3 is 6.18 Å². The highest BCUT2D eigenvalue weighted by Crippen LogP contribution is 2.34. The Labute approximate surface area is 191 Å². The Morgan fingerprint density at radius 3 is 2.73 bits per heavy atom. The number of halogens is 4. The zero-order valence-electron chi connectivity index (χ0n) is 17.3. The summed E-state index contributed by atoms with van der Waals surface area (Å²) < 4.78 is 41.7. The van der Waals surface area contributed by atoms with Crippen LogP contribution in [0.15, 0.2) is 24.5 Å². The van der Waals surface area contributed by atoms with Crippen LogP contribution < -0.4 is 15.8 Å². The van der Waals surface area contributed by atoms with E-state index in [2.05, 4.69) is 20.0 Å². The van der Waals surface area contributed by atoms with Crippen LogP contribution in [0.2, 0.25) is 5.02 Å². The minimum Gasteiger partial charge on any atom is -0.467 e. The number of hydrogen-bond acceptors (Lipinski definition) is 6. The number of rotatable bonds is 8. The van der Waals surface area contributed by atoms with Crippen LogP contribution in [-0.4, -0.2) is 51.9 Å². The average Bonchev–Trinajstić information content (AvgIpc) is 3.08. The molecule has 33 heavy (non-hydrogen) atoms. The number of nitrogens with zero attached hydrogens (tertiary/aromatic N) is 3. The van der Waals surface area contributed by atoms with Gasteiger partial charge in [-0.05, 0) is 24.6 Å². The second-order valence-electron chi connectivity index (χ2n) is 7.23. The van der Waals surface area contributed by atoms with Gasteiger partial charge in [-0.3, -0.25) is 19.4 Å². The molecule has 0 aromatic carbocycles. The molecular weight excluding hydrogens is 467 g/mol. The van der Waals surface area contributed by atoms with Crippen molar-refractivity contribution in [3.8, 4) is 5.88 Å². The first-order valence-electron chi connectivity index (χ1n) is 9.68. The van der Waals surface area contributed by atoms with Crippen molar-refractivity contribution >= 4 is 29.3 Å². The highest BCUT2D eigenvalue weighted by Gasteiger charge is 2.35. The summed E-state index contributed by atoms with van der Waals surface area (Å²) >= 11 is 6.02. The molecule has 0 fully saturated rings. The lowest BCUT2D eigenvalue weighted by atomic mass is 10.1. The molecule has 9 nitrogen and oxygen atoms in total. The summed E-state index contributed by atoms with van der Waals surface area (Å²) in [5, 5.41) is 2.40. The Balaban J connectivity index is 1.76. The zero-order chi connectivity index (χ0) is 24.3. The van der Waals surface area contributed by atoms with Crippen molar-refractivity contribution in [1.82, 2.24) is 20.2 Å². The molecule has 3 N–H and O–H groups in total. The third-order valence-electron chi connectivity index (χ3n) is 4.90. The van der Waals surface area contributed by atoms with Gasteiger partial charge in [0.2, 0.25) is 11.8 Å². The van der Waals surface area contributed by atoms with E-state index in [0.29, 0.717) is 16.7 Å². The van der Waals surface area contributed by atoms with E-state index in [1.807, 2.05) is 0 Å². The molecule has 176 valence electrons. The topological polar surface area (TPSA) is 128 Å². The fourth-order valence-corrected chi connectivity index (χ4v) is 3.48. The fraction of sp³-hybridized carbons (Fsp3) is 0.350. The van der Waals surface area contributed by atoms with E-state index in [4.69, 9.17) is 17.3 Å². The smallest absolute Gasteiger partial charge is 0.422 e. The molecule has 1 aliphatic heterocycles. The molecule has 0 bridgehead atoms. The van der Waals surface area contributed by atoms with Crippen molar-refractivity contribution in [3.63, 3.8) is 0 Å². The molecule has 3 amide bonds. The van der Waals surface area contributed by atoms with Crippen molar-refractivity contribution in [2.24, 2.45) is 5.73 Å². The average molecular weight is 486 g/mol. The Morgan fingerprint density at radius 2 is 2.09 bits per heavy atom. The summed E-state index contributed by atoms with van der Waals surface area (Å²) in [6, 6.07) is 2.29. The van der Waals surface area contributed by atoms with Crippen LogP contribution in [0.25, 0.3) is 0 Å². The molecule has 1 atom stereocenters. The highest BCUT2D eigenvalue weighted by molar-refractivity contribution is 6.31. The minimum atomic E-state index is -4.54. The van der Waals surface area contributed by atoms with Crippen LogP contribution in [0.5, 0.6) is 5.88 Å². The van der Waals surface area contributed by atoms with Crippen LogP contribution in [0.1, 0.15) is 51.4 Å². The van der Waals surface area contributed by atoms with Gasteiger partial charge in [-0.15, -0.1) is 0 Å². The van der Waals surface area contributed by atoms with Crippen LogP contribution in [0.4, 0.5) is 13.2 Å². The zero-order valence-corrected chi connectivity index (χ0v) is 18.0. The molecule has 0 saturated heterocycles. The number of aromatic nitrogens is 2. The van der Waals surface area contributed by atoms with Crippen molar-refractivity contribution in [2.75, 3.05) is 13.2 Å². The second-order valence-corrected chi connectivity index (χ2v) is 7.63. The van der Waals surface area contributed by atoms with Crippen LogP contribution in [-0.2, 0) is 11.3 Å².